The topological polar surface area (TPSA) is 23.6 Å². The van der Waals surface area contributed by atoms with Gasteiger partial charge >= 0.3 is 0 Å². The van der Waals surface area contributed by atoms with Gasteiger partial charge in [-0.1, -0.05) is 13.8 Å². The molecule has 1 rings (SSSR count). The molecule has 0 unspecified atom stereocenters. The number of amides is 1. The molecule has 13 heavy (non-hydrogen) atoms. The number of hydrogen-bond donors (Lipinski definition) is 0. The highest BCUT2D eigenvalue weighted by Crippen LogP contribution is 2.01. The Bertz CT molecular complexity index is 99.1. The Labute approximate surface area is 82.7 Å². The number of likely N-dealkylation sites (tertiary alicyclic amines) is 1. The first-order chi connectivity index (χ1) is 6.16. The molecule has 1 fully saturated rings. The van der Waals surface area contributed by atoms with Gasteiger partial charge in [0.25, 0.3) is 0 Å². The van der Waals surface area contributed by atoms with Crippen molar-refractivity contribution in [3.63, 3.8) is 0 Å². The summed E-state index contributed by atoms with van der Waals surface area (Å²) < 4.78 is 0. The molecule has 3 nitrogen and oxygen atoms in total. The predicted octanol–water partition coefficient (Wildman–Crippen LogP) is 1.44. The van der Waals surface area contributed by atoms with Gasteiger partial charge in [-0.15, -0.1) is 0 Å². The molecule has 1 amide bonds. The Hall–Kier alpha value is -0.570. The standard InChI is InChI=1S/C5H11N.C3H7NO.C2H6/c1-6-4-2-3-5-6;1-4(2)3-5;1-2/h2-5H2,1H3;3H,1-2H3;1-2H3. The molecular weight excluding hydrogens is 164 g/mol. The van der Waals surface area contributed by atoms with Crippen molar-refractivity contribution >= 4 is 6.41 Å². The molecule has 1 heterocycles. The molecule has 0 aromatic heterocycles. The van der Waals surface area contributed by atoms with E-state index in [9.17, 15) is 4.79 Å². The van der Waals surface area contributed by atoms with Gasteiger partial charge in [-0.2, -0.15) is 0 Å². The summed E-state index contributed by atoms with van der Waals surface area (Å²) in [6, 6.07) is 0. The molecule has 0 saturated carbocycles. The van der Waals surface area contributed by atoms with Gasteiger partial charge in [-0.3, -0.25) is 4.79 Å². The molecule has 1 saturated heterocycles. The zero-order valence-corrected chi connectivity index (χ0v) is 9.71. The van der Waals surface area contributed by atoms with E-state index in [2.05, 4.69) is 11.9 Å². The average Bonchev–Trinajstić information content (AvgIpc) is 2.60. The summed E-state index contributed by atoms with van der Waals surface area (Å²) in [5.74, 6) is 0. The van der Waals surface area contributed by atoms with Crippen LogP contribution in [0.1, 0.15) is 26.7 Å². The summed E-state index contributed by atoms with van der Waals surface area (Å²) in [6.07, 6.45) is 3.58. The largest absolute Gasteiger partial charge is 0.351 e. The van der Waals surface area contributed by atoms with Gasteiger partial charge in [0.1, 0.15) is 0 Å². The second kappa shape index (κ2) is 11.4. The minimum absolute atomic E-state index is 0.750. The van der Waals surface area contributed by atoms with Crippen molar-refractivity contribution in [1.29, 1.82) is 0 Å². The number of hydrogen-bond acceptors (Lipinski definition) is 2. The van der Waals surface area contributed by atoms with Crippen LogP contribution in [-0.4, -0.2) is 50.4 Å². The van der Waals surface area contributed by atoms with E-state index in [1.54, 1.807) is 14.1 Å². The number of carbonyl (C=O) groups is 1. The first kappa shape index (κ1) is 14.9. The van der Waals surface area contributed by atoms with E-state index in [0.29, 0.717) is 0 Å². The number of nitrogens with zero attached hydrogens (tertiary/aromatic N) is 2. The Morgan fingerprint density at radius 3 is 1.54 bits per heavy atom. The molecule has 0 atom stereocenters. The fraction of sp³-hybridized carbons (Fsp3) is 0.900. The van der Waals surface area contributed by atoms with Crippen molar-refractivity contribution in [3.05, 3.63) is 0 Å². The monoisotopic (exact) mass is 188 g/mol. The highest BCUT2D eigenvalue weighted by molar-refractivity contribution is 5.45. The van der Waals surface area contributed by atoms with Crippen LogP contribution in [0.2, 0.25) is 0 Å². The summed E-state index contributed by atoms with van der Waals surface area (Å²) in [4.78, 5) is 13.2. The van der Waals surface area contributed by atoms with Crippen LogP contribution in [-0.2, 0) is 4.79 Å². The SMILES string of the molecule is CC.CN(C)C=O.CN1CCCC1. The van der Waals surface area contributed by atoms with E-state index in [0.717, 1.165) is 6.41 Å². The molecule has 80 valence electrons. The summed E-state index contributed by atoms with van der Waals surface area (Å²) in [6.45, 7) is 6.64. The second-order valence-electron chi connectivity index (χ2n) is 3.08. The van der Waals surface area contributed by atoms with Gasteiger partial charge in [-0.25, -0.2) is 0 Å². The fourth-order valence-electron chi connectivity index (χ4n) is 0.875. The van der Waals surface area contributed by atoms with Crippen LogP contribution in [0.5, 0.6) is 0 Å². The van der Waals surface area contributed by atoms with Crippen LogP contribution in [0.4, 0.5) is 0 Å². The molecule has 0 N–H and O–H groups in total. The van der Waals surface area contributed by atoms with E-state index in [-0.39, 0.29) is 0 Å². The van der Waals surface area contributed by atoms with Gasteiger partial charge < -0.3 is 9.80 Å². The summed E-state index contributed by atoms with van der Waals surface area (Å²) >= 11 is 0. The summed E-state index contributed by atoms with van der Waals surface area (Å²) in [7, 11) is 5.55. The number of rotatable bonds is 1. The lowest BCUT2D eigenvalue weighted by Gasteiger charge is -2.01. The van der Waals surface area contributed by atoms with Crippen molar-refractivity contribution in [1.82, 2.24) is 9.80 Å². The van der Waals surface area contributed by atoms with Crippen LogP contribution in [0.25, 0.3) is 0 Å². The van der Waals surface area contributed by atoms with Crippen molar-refractivity contribution < 1.29 is 4.79 Å². The van der Waals surface area contributed by atoms with E-state index < -0.39 is 0 Å². The van der Waals surface area contributed by atoms with Gasteiger partial charge in [0.15, 0.2) is 0 Å². The van der Waals surface area contributed by atoms with Gasteiger partial charge in [-0.05, 0) is 33.0 Å². The van der Waals surface area contributed by atoms with Crippen molar-refractivity contribution in [2.75, 3.05) is 34.2 Å². The molecule has 3 heteroatoms. The van der Waals surface area contributed by atoms with Gasteiger partial charge in [0.05, 0.1) is 0 Å². The Balaban J connectivity index is 0. The van der Waals surface area contributed by atoms with E-state index in [1.165, 1.54) is 30.8 Å². The zero-order valence-electron chi connectivity index (χ0n) is 9.71. The number of carbonyl (C=O) groups excluding carboxylic acids is 1. The molecular formula is C10H24N2O. The first-order valence-electron chi connectivity index (χ1n) is 4.97. The maximum absolute atomic E-state index is 9.43. The Morgan fingerprint density at radius 2 is 1.46 bits per heavy atom. The molecule has 0 spiro atoms. The predicted molar refractivity (Wildman–Crippen MR) is 57.8 cm³/mol. The third-order valence-corrected chi connectivity index (χ3v) is 1.54. The molecule has 1 aliphatic heterocycles. The van der Waals surface area contributed by atoms with Gasteiger partial charge in [0, 0.05) is 14.1 Å². The second-order valence-corrected chi connectivity index (χ2v) is 3.08. The minimum Gasteiger partial charge on any atom is -0.351 e. The Kier molecular flexibility index (Phi) is 13.1. The van der Waals surface area contributed by atoms with Crippen LogP contribution in [0.15, 0.2) is 0 Å². The molecule has 0 radical (unpaired) electrons. The van der Waals surface area contributed by atoms with Crippen molar-refractivity contribution in [2.45, 2.75) is 26.7 Å². The fourth-order valence-corrected chi connectivity index (χ4v) is 0.875. The van der Waals surface area contributed by atoms with E-state index >= 15 is 0 Å². The maximum atomic E-state index is 9.43. The van der Waals surface area contributed by atoms with E-state index in [1.807, 2.05) is 13.8 Å². The average molecular weight is 188 g/mol. The quantitative estimate of drug-likeness (QED) is 0.581. The van der Waals surface area contributed by atoms with E-state index in [4.69, 9.17) is 0 Å². The van der Waals surface area contributed by atoms with Crippen LogP contribution >= 0.6 is 0 Å². The molecule has 1 aliphatic rings. The van der Waals surface area contributed by atoms with Crippen LogP contribution < -0.4 is 0 Å². The highest BCUT2D eigenvalue weighted by atomic mass is 16.1. The molecule has 0 aromatic carbocycles. The molecule has 0 aromatic rings. The maximum Gasteiger partial charge on any atom is 0.209 e. The van der Waals surface area contributed by atoms with Crippen molar-refractivity contribution in [3.8, 4) is 0 Å². The third-order valence-electron chi connectivity index (χ3n) is 1.54. The molecule has 0 bridgehead atoms. The first-order valence-corrected chi connectivity index (χ1v) is 4.97. The lowest BCUT2D eigenvalue weighted by Crippen LogP contribution is -2.10. The normalized spacial score (nSPS) is 14.8. The Morgan fingerprint density at radius 1 is 1.15 bits per heavy atom. The summed E-state index contributed by atoms with van der Waals surface area (Å²) in [5, 5.41) is 0. The lowest BCUT2D eigenvalue weighted by atomic mass is 10.4. The zero-order chi connectivity index (χ0) is 10.7. The van der Waals surface area contributed by atoms with Gasteiger partial charge in [0.2, 0.25) is 6.41 Å². The highest BCUT2D eigenvalue weighted by Gasteiger charge is 2.03. The third kappa shape index (κ3) is 14.3. The lowest BCUT2D eigenvalue weighted by molar-refractivity contribution is -0.115. The van der Waals surface area contributed by atoms with Crippen molar-refractivity contribution in [2.24, 2.45) is 0 Å². The minimum atomic E-state index is 0.750. The van der Waals surface area contributed by atoms with Crippen LogP contribution in [0, 0.1) is 0 Å². The van der Waals surface area contributed by atoms with Crippen LogP contribution in [0.3, 0.4) is 0 Å². The molecule has 0 aliphatic carbocycles. The smallest absolute Gasteiger partial charge is 0.209 e. The summed E-state index contributed by atoms with van der Waals surface area (Å²) in [5.41, 5.74) is 0.